The van der Waals surface area contributed by atoms with Crippen molar-refractivity contribution in [2.75, 3.05) is 13.4 Å². The Hall–Kier alpha value is -1.21. The summed E-state index contributed by atoms with van der Waals surface area (Å²) in [7, 11) is 0. The molecule has 0 saturated carbocycles. The third-order valence-corrected chi connectivity index (χ3v) is 2.55. The van der Waals surface area contributed by atoms with Crippen molar-refractivity contribution in [2.45, 2.75) is 13.3 Å². The molecule has 0 saturated heterocycles. The fraction of sp³-hybridized carbons (Fsp3) is 0.571. The molecular weight excluding hydrogens is 208 g/mol. The van der Waals surface area contributed by atoms with Crippen molar-refractivity contribution in [1.82, 2.24) is 4.98 Å². The van der Waals surface area contributed by atoms with Gasteiger partial charge in [0, 0.05) is 11.3 Å². The number of nitrogens with zero attached hydrogens (tertiary/aromatic N) is 2. The number of aromatic nitrogens is 1. The normalized spacial score (nSPS) is 10.1. The van der Waals surface area contributed by atoms with Crippen LogP contribution in [0.4, 0.5) is 0 Å². The molecule has 0 N–H and O–H groups in total. The average molecular weight is 218 g/mol. The van der Waals surface area contributed by atoms with E-state index in [1.165, 1.54) is 0 Å². The molecule has 0 fully saturated rings. The Bertz CT molecular complexity index is 302. The van der Waals surface area contributed by atoms with E-state index >= 15 is 0 Å². The third kappa shape index (κ3) is 3.67. The van der Waals surface area contributed by atoms with Crippen molar-refractivity contribution >= 4 is 11.3 Å². The molecule has 1 aromatic heterocycles. The molecule has 0 amide bonds. The minimum atomic E-state index is -0.877. The lowest BCUT2D eigenvalue weighted by Gasteiger charge is -2.01. The Kier molecular flexibility index (Phi) is 4.27. The van der Waals surface area contributed by atoms with Crippen LogP contribution in [0.3, 0.4) is 0 Å². The van der Waals surface area contributed by atoms with E-state index in [1.54, 1.807) is 16.8 Å². The highest BCUT2D eigenvalue weighted by Crippen LogP contribution is 2.12. The van der Waals surface area contributed by atoms with Gasteiger partial charge in [-0.1, -0.05) is 0 Å². The number of hydrogen-bond donors (Lipinski definition) is 0. The summed E-state index contributed by atoms with van der Waals surface area (Å²) in [4.78, 5) is 18.9. The maximum atomic E-state index is 9.74. The van der Waals surface area contributed by atoms with E-state index in [0.717, 1.165) is 10.6 Å². The van der Waals surface area contributed by atoms with E-state index in [9.17, 15) is 10.1 Å². The second kappa shape index (κ2) is 5.51. The number of rotatable bonds is 6. The maximum absolute atomic E-state index is 9.74. The molecule has 1 aromatic rings. The van der Waals surface area contributed by atoms with Gasteiger partial charge in [0.15, 0.2) is 6.79 Å². The summed E-state index contributed by atoms with van der Waals surface area (Å²) in [5, 5.41) is 8.86. The van der Waals surface area contributed by atoms with Crippen LogP contribution >= 0.6 is 11.3 Å². The molecule has 1 heterocycles. The van der Waals surface area contributed by atoms with Gasteiger partial charge in [0.1, 0.15) is 0 Å². The van der Waals surface area contributed by atoms with Gasteiger partial charge in [0.25, 0.3) is 5.09 Å². The van der Waals surface area contributed by atoms with Crippen LogP contribution in [0.25, 0.3) is 0 Å². The van der Waals surface area contributed by atoms with Gasteiger partial charge in [-0.05, 0) is 6.92 Å². The maximum Gasteiger partial charge on any atom is 0.296 e. The van der Waals surface area contributed by atoms with Gasteiger partial charge < -0.3 is 4.74 Å². The van der Waals surface area contributed by atoms with E-state index < -0.39 is 5.09 Å². The minimum Gasteiger partial charge on any atom is -0.354 e. The summed E-state index contributed by atoms with van der Waals surface area (Å²) < 4.78 is 4.89. The first-order chi connectivity index (χ1) is 6.70. The first-order valence-electron chi connectivity index (χ1n) is 3.94. The molecule has 14 heavy (non-hydrogen) atoms. The van der Waals surface area contributed by atoms with Crippen LogP contribution in [0.2, 0.25) is 0 Å². The smallest absolute Gasteiger partial charge is 0.296 e. The van der Waals surface area contributed by atoms with E-state index in [-0.39, 0.29) is 6.79 Å². The summed E-state index contributed by atoms with van der Waals surface area (Å²) in [6.07, 6.45) is 0.706. The van der Waals surface area contributed by atoms with Gasteiger partial charge in [-0.25, -0.2) is 4.98 Å². The number of ether oxygens (including phenoxy) is 1. The number of thiazole rings is 1. The lowest BCUT2D eigenvalue weighted by Crippen LogP contribution is -2.07. The molecule has 0 bridgehead atoms. The lowest BCUT2D eigenvalue weighted by molar-refractivity contribution is -0.767. The first-order valence-corrected chi connectivity index (χ1v) is 4.82. The first kappa shape index (κ1) is 10.9. The Morgan fingerprint density at radius 3 is 3.07 bits per heavy atom. The van der Waals surface area contributed by atoms with Crippen molar-refractivity contribution in [3.05, 3.63) is 26.2 Å². The Morgan fingerprint density at radius 1 is 1.71 bits per heavy atom. The van der Waals surface area contributed by atoms with Gasteiger partial charge in [-0.2, -0.15) is 0 Å². The van der Waals surface area contributed by atoms with Crippen LogP contribution < -0.4 is 0 Å². The fourth-order valence-corrected chi connectivity index (χ4v) is 1.63. The molecular formula is C7H10N2O4S. The van der Waals surface area contributed by atoms with E-state index in [0.29, 0.717) is 13.0 Å². The fourth-order valence-electron chi connectivity index (χ4n) is 0.870. The summed E-state index contributed by atoms with van der Waals surface area (Å²) in [5.74, 6) is 0. The molecule has 7 heteroatoms. The standard InChI is InChI=1S/C7H10N2O4S/c1-6-7(14-4-8-6)2-3-12-5-13-9(10)11/h4H,2-3,5H2,1H3. The van der Waals surface area contributed by atoms with Crippen LogP contribution in [-0.2, 0) is 16.0 Å². The molecule has 0 atom stereocenters. The zero-order chi connectivity index (χ0) is 10.4. The van der Waals surface area contributed by atoms with Crippen molar-refractivity contribution in [1.29, 1.82) is 0 Å². The molecule has 0 aliphatic carbocycles. The number of hydrogen-bond acceptors (Lipinski definition) is 6. The highest BCUT2D eigenvalue weighted by molar-refractivity contribution is 7.09. The van der Waals surface area contributed by atoms with Crippen molar-refractivity contribution in [2.24, 2.45) is 0 Å². The Labute approximate surface area is 84.6 Å². The SMILES string of the molecule is Cc1ncsc1CCOCO[N+](=O)[O-]. The largest absolute Gasteiger partial charge is 0.354 e. The van der Waals surface area contributed by atoms with E-state index in [1.807, 2.05) is 6.92 Å². The average Bonchev–Trinajstić information content (AvgIpc) is 2.51. The molecule has 0 aliphatic heterocycles. The molecule has 0 spiro atoms. The van der Waals surface area contributed by atoms with Crippen LogP contribution in [0.5, 0.6) is 0 Å². The summed E-state index contributed by atoms with van der Waals surface area (Å²) >= 11 is 1.55. The van der Waals surface area contributed by atoms with Crippen molar-refractivity contribution in [3.63, 3.8) is 0 Å². The Morgan fingerprint density at radius 2 is 2.50 bits per heavy atom. The van der Waals surface area contributed by atoms with Gasteiger partial charge in [-0.3, -0.25) is 4.84 Å². The van der Waals surface area contributed by atoms with Crippen LogP contribution in [0, 0.1) is 17.0 Å². The van der Waals surface area contributed by atoms with E-state index in [4.69, 9.17) is 4.74 Å². The zero-order valence-corrected chi connectivity index (χ0v) is 8.45. The predicted molar refractivity (Wildman–Crippen MR) is 49.5 cm³/mol. The molecule has 0 radical (unpaired) electrons. The lowest BCUT2D eigenvalue weighted by atomic mass is 10.3. The van der Waals surface area contributed by atoms with Gasteiger partial charge in [-0.15, -0.1) is 21.5 Å². The molecule has 78 valence electrons. The summed E-state index contributed by atoms with van der Waals surface area (Å²) in [5.41, 5.74) is 2.74. The highest BCUT2D eigenvalue weighted by Gasteiger charge is 2.01. The molecule has 0 aromatic carbocycles. The second-order valence-corrected chi connectivity index (χ2v) is 3.43. The topological polar surface area (TPSA) is 74.5 Å². The Balaban J connectivity index is 2.10. The monoisotopic (exact) mass is 218 g/mol. The van der Waals surface area contributed by atoms with Crippen LogP contribution in [0.1, 0.15) is 10.6 Å². The quantitative estimate of drug-likeness (QED) is 0.310. The zero-order valence-electron chi connectivity index (χ0n) is 7.63. The van der Waals surface area contributed by atoms with Gasteiger partial charge >= 0.3 is 0 Å². The minimum absolute atomic E-state index is 0.315. The predicted octanol–water partition coefficient (Wildman–Crippen LogP) is 1.18. The van der Waals surface area contributed by atoms with Gasteiger partial charge in [0.05, 0.1) is 17.8 Å². The highest BCUT2D eigenvalue weighted by atomic mass is 32.1. The van der Waals surface area contributed by atoms with Gasteiger partial charge in [0.2, 0.25) is 0 Å². The van der Waals surface area contributed by atoms with Crippen molar-refractivity contribution < 1.29 is 14.7 Å². The van der Waals surface area contributed by atoms with Crippen LogP contribution in [0.15, 0.2) is 5.51 Å². The number of aryl methyl sites for hydroxylation is 1. The summed E-state index contributed by atoms with van der Waals surface area (Å²) in [6, 6.07) is 0. The van der Waals surface area contributed by atoms with Crippen molar-refractivity contribution in [3.8, 4) is 0 Å². The second-order valence-electron chi connectivity index (χ2n) is 2.49. The van der Waals surface area contributed by atoms with Crippen LogP contribution in [-0.4, -0.2) is 23.5 Å². The molecule has 1 rings (SSSR count). The summed E-state index contributed by atoms with van der Waals surface area (Å²) in [6.45, 7) is 2.00. The third-order valence-electron chi connectivity index (χ3n) is 1.56. The van der Waals surface area contributed by atoms with E-state index in [2.05, 4.69) is 9.82 Å². The molecule has 0 aliphatic rings. The molecule has 0 unspecified atom stereocenters. The molecule has 6 nitrogen and oxygen atoms in total.